The fourth-order valence-electron chi connectivity index (χ4n) is 9.60. The number of carbonyl (C=O) groups excluding carboxylic acids is 1. The first-order valence-corrected chi connectivity index (χ1v) is 23.6. The molecule has 0 spiro atoms. The molecule has 2 saturated heterocycles. The van der Waals surface area contributed by atoms with E-state index >= 15 is 0 Å². The Hall–Kier alpha value is -4.61. The number of nitrogens with one attached hydrogen (secondary N) is 2. The van der Waals surface area contributed by atoms with Crippen LogP contribution in [0.2, 0.25) is 0 Å². The Morgan fingerprint density at radius 3 is 1.41 bits per heavy atom. The Labute approximate surface area is 352 Å². The second-order valence-electron chi connectivity index (χ2n) is 17.3. The lowest BCUT2D eigenvalue weighted by atomic mass is 9.92. The van der Waals surface area contributed by atoms with E-state index in [0.717, 1.165) is 79.5 Å². The molecule has 2 heterocycles. The van der Waals surface area contributed by atoms with Crippen LogP contribution in [0.1, 0.15) is 47.2 Å². The normalized spacial score (nSPS) is 25.8. The molecular weight excluding hydrogens is 843 g/mol. The van der Waals surface area contributed by atoms with E-state index in [-0.39, 0.29) is 35.0 Å². The third-order valence-electron chi connectivity index (χ3n) is 13.1. The molecule has 2 N–H and O–H groups in total. The van der Waals surface area contributed by atoms with Crippen LogP contribution in [0.4, 0.5) is 37.7 Å². The number of sulfonamides is 2. The lowest BCUT2D eigenvalue weighted by Crippen LogP contribution is -2.35. The summed E-state index contributed by atoms with van der Waals surface area (Å²) in [4.78, 5) is 16.8. The van der Waals surface area contributed by atoms with Gasteiger partial charge in [0.2, 0.25) is 26.0 Å². The Bertz CT molecular complexity index is 2470. The van der Waals surface area contributed by atoms with Crippen molar-refractivity contribution in [2.45, 2.75) is 49.9 Å². The van der Waals surface area contributed by atoms with E-state index in [4.69, 9.17) is 0 Å². The van der Waals surface area contributed by atoms with Gasteiger partial charge in [-0.1, -0.05) is 62.4 Å². The van der Waals surface area contributed by atoms with Gasteiger partial charge in [-0.25, -0.2) is 16.8 Å². The number of rotatable bonds is 11. The maximum absolute atomic E-state index is 12.7. The number of amides is 1. The van der Waals surface area contributed by atoms with Gasteiger partial charge >= 0.3 is 12.4 Å². The zero-order valence-corrected chi connectivity index (χ0v) is 35.6. The zero-order valence-electron chi connectivity index (χ0n) is 34.0. The lowest BCUT2D eigenvalue weighted by Gasteiger charge is -2.25. The molecule has 2 aliphatic heterocycles. The number of fused-ring (bicyclic) bond motifs is 2. The topological polar surface area (TPSA) is 116 Å². The molecule has 61 heavy (non-hydrogen) atoms. The lowest BCUT2D eigenvalue weighted by molar-refractivity contribution is -0.138. The van der Waals surface area contributed by atoms with E-state index in [1.165, 1.54) is 12.1 Å². The third kappa shape index (κ3) is 9.88. The summed E-state index contributed by atoms with van der Waals surface area (Å²) in [7, 11) is -6.68. The molecule has 0 aromatic heterocycles. The highest BCUT2D eigenvalue weighted by Crippen LogP contribution is 2.64. The van der Waals surface area contributed by atoms with E-state index in [9.17, 15) is 48.0 Å². The highest BCUT2D eigenvalue weighted by atomic mass is 32.2. The Morgan fingerprint density at radius 2 is 1.02 bits per heavy atom. The maximum atomic E-state index is 12.7. The number of halogens is 6. The quantitative estimate of drug-likeness (QED) is 0.149. The number of likely N-dealkylation sites (tertiary alicyclic amines) is 2. The number of carbonyl (C=O) groups is 1. The number of nitrogens with zero attached hydrogens (tertiary/aromatic N) is 2. The van der Waals surface area contributed by atoms with Crippen LogP contribution in [0.15, 0.2) is 97.1 Å². The smallest absolute Gasteiger partial charge is 0.342 e. The van der Waals surface area contributed by atoms with Gasteiger partial charge in [-0.15, -0.1) is 0 Å². The molecule has 4 fully saturated rings. The van der Waals surface area contributed by atoms with Crippen molar-refractivity contribution >= 4 is 37.3 Å². The van der Waals surface area contributed by atoms with Crippen molar-refractivity contribution in [1.82, 2.24) is 9.80 Å². The predicted octanol–water partition coefficient (Wildman–Crippen LogP) is 7.80. The van der Waals surface area contributed by atoms with E-state index < -0.39 is 43.5 Å². The van der Waals surface area contributed by atoms with Crippen LogP contribution in [0, 0.1) is 23.7 Å². The molecular formula is C44H48F6N4O5S2. The zero-order chi connectivity index (χ0) is 44.3. The van der Waals surface area contributed by atoms with Gasteiger partial charge in [-0.05, 0) is 101 Å². The minimum absolute atomic E-state index is 0.0417. The van der Waals surface area contributed by atoms with E-state index in [2.05, 4.69) is 34.3 Å². The summed E-state index contributed by atoms with van der Waals surface area (Å²) >= 11 is 0. The van der Waals surface area contributed by atoms with Gasteiger partial charge in [0.15, 0.2) is 0 Å². The number of anilines is 2. The first kappa shape index (κ1) is 44.4. The molecule has 4 atom stereocenters. The van der Waals surface area contributed by atoms with Crippen molar-refractivity contribution in [2.75, 3.05) is 54.7 Å². The summed E-state index contributed by atoms with van der Waals surface area (Å²) in [6, 6.07) is 25.0. The molecule has 328 valence electrons. The monoisotopic (exact) mass is 890 g/mol. The highest BCUT2D eigenvalue weighted by molar-refractivity contribution is 7.92. The standard InChI is InChI=1S/C22H23F3N2O3S.C22H25F3N2O2S/c1-21(16-4-3-5-17(11-16)26-31(2,29)30)18-12-27(13-19(18)21)20(28)10-14-6-8-15(9-7-14)22(23,24)25;1-21(17-4-3-5-18(12-17)26-30(2,28)29)19-13-27(14-20(19)21)11-10-15-6-8-16(9-7-15)22(23,24)25/h3-9,11,18-19,26H,10,12-13H2,1-2H3;3-9,12,19-20,26H,10-11,13-14H2,1-2H3. The molecule has 8 rings (SSSR count). The molecule has 4 aromatic rings. The summed E-state index contributed by atoms with van der Waals surface area (Å²) in [6.07, 6.45) is -5.65. The summed E-state index contributed by atoms with van der Waals surface area (Å²) < 4.78 is 127. The van der Waals surface area contributed by atoms with Gasteiger partial charge in [0.05, 0.1) is 30.1 Å². The van der Waals surface area contributed by atoms with Crippen LogP contribution in [0.25, 0.3) is 0 Å². The maximum Gasteiger partial charge on any atom is 0.416 e. The molecule has 9 nitrogen and oxygen atoms in total. The Kier molecular flexibility index (Phi) is 11.6. The summed E-state index contributed by atoms with van der Waals surface area (Å²) in [5.41, 5.74) is 3.32. The fourth-order valence-corrected chi connectivity index (χ4v) is 10.7. The second kappa shape index (κ2) is 15.9. The largest absolute Gasteiger partial charge is 0.416 e. The molecule has 1 amide bonds. The number of benzene rings is 4. The number of hydrogen-bond donors (Lipinski definition) is 2. The van der Waals surface area contributed by atoms with Crippen LogP contribution in [0.5, 0.6) is 0 Å². The van der Waals surface area contributed by atoms with Crippen LogP contribution in [0.3, 0.4) is 0 Å². The van der Waals surface area contributed by atoms with Gasteiger partial charge in [-0.3, -0.25) is 14.2 Å². The van der Waals surface area contributed by atoms with Crippen LogP contribution in [-0.4, -0.2) is 77.8 Å². The highest BCUT2D eigenvalue weighted by Gasteiger charge is 2.67. The first-order chi connectivity index (χ1) is 28.3. The summed E-state index contributed by atoms with van der Waals surface area (Å²) in [5.74, 6) is 1.48. The van der Waals surface area contributed by atoms with Gasteiger partial charge < -0.3 is 9.80 Å². The fraction of sp³-hybridized carbons (Fsp3) is 0.432. The molecule has 17 heteroatoms. The minimum atomic E-state index is -4.39. The van der Waals surface area contributed by atoms with Crippen LogP contribution >= 0.6 is 0 Å². The molecule has 0 bridgehead atoms. The first-order valence-electron chi connectivity index (χ1n) is 19.8. The van der Waals surface area contributed by atoms with Gasteiger partial charge in [0.25, 0.3) is 0 Å². The molecule has 2 saturated carbocycles. The van der Waals surface area contributed by atoms with E-state index in [0.29, 0.717) is 41.9 Å². The summed E-state index contributed by atoms with van der Waals surface area (Å²) in [6.45, 7) is 8.25. The Morgan fingerprint density at radius 1 is 0.623 bits per heavy atom. The van der Waals surface area contributed by atoms with Crippen molar-refractivity contribution < 1.29 is 48.0 Å². The minimum Gasteiger partial charge on any atom is -0.342 e. The molecule has 4 aliphatic rings. The number of alkyl halides is 6. The summed E-state index contributed by atoms with van der Waals surface area (Å²) in [5, 5.41) is 0. The number of piperidine rings is 2. The Balaban J connectivity index is 0.000000184. The third-order valence-corrected chi connectivity index (χ3v) is 14.4. The SMILES string of the molecule is CC1(c2cccc(NS(C)(=O)=O)c2)C2CN(C(=O)Cc3ccc(C(F)(F)F)cc3)CC21.CC1(c2cccc(NS(C)(=O)=O)c2)C2CN(CCc3ccc(C(F)(F)F)cc3)CC21. The van der Waals surface area contributed by atoms with Crippen molar-refractivity contribution in [3.8, 4) is 0 Å². The average molecular weight is 891 g/mol. The van der Waals surface area contributed by atoms with Crippen LogP contribution < -0.4 is 9.44 Å². The molecule has 2 aliphatic carbocycles. The molecule has 0 radical (unpaired) electrons. The van der Waals surface area contributed by atoms with E-state index in [1.54, 1.807) is 29.2 Å². The predicted molar refractivity (Wildman–Crippen MR) is 222 cm³/mol. The van der Waals surface area contributed by atoms with E-state index in [1.807, 2.05) is 30.3 Å². The van der Waals surface area contributed by atoms with Crippen molar-refractivity contribution in [3.05, 3.63) is 130 Å². The average Bonchev–Trinajstić information content (AvgIpc) is 3.64. The van der Waals surface area contributed by atoms with Crippen LogP contribution in [-0.2, 0) is 60.9 Å². The number of hydrogen-bond acceptors (Lipinski definition) is 6. The van der Waals surface area contributed by atoms with Crippen molar-refractivity contribution in [3.63, 3.8) is 0 Å². The van der Waals surface area contributed by atoms with Gasteiger partial charge in [-0.2, -0.15) is 26.3 Å². The van der Waals surface area contributed by atoms with Gasteiger partial charge in [0, 0.05) is 54.9 Å². The van der Waals surface area contributed by atoms with Crippen molar-refractivity contribution in [1.29, 1.82) is 0 Å². The molecule has 4 aromatic carbocycles. The van der Waals surface area contributed by atoms with Gasteiger partial charge in [0.1, 0.15) is 0 Å². The second-order valence-corrected chi connectivity index (χ2v) is 20.8. The molecule has 4 unspecified atom stereocenters. The van der Waals surface area contributed by atoms with Crippen molar-refractivity contribution in [2.24, 2.45) is 23.7 Å².